The second-order valence-electron chi connectivity index (χ2n) is 6.84. The molecule has 2 heterocycles. The first-order valence-corrected chi connectivity index (χ1v) is 9.40. The third kappa shape index (κ3) is 3.87. The van der Waals surface area contributed by atoms with Gasteiger partial charge in [0.05, 0.1) is 13.1 Å². The highest BCUT2D eigenvalue weighted by Crippen LogP contribution is 2.32. The fourth-order valence-corrected chi connectivity index (χ4v) is 3.32. The van der Waals surface area contributed by atoms with Crippen molar-refractivity contribution in [2.24, 2.45) is 0 Å². The van der Waals surface area contributed by atoms with Crippen LogP contribution < -0.4 is 14.8 Å². The molecule has 2 aliphatic rings. The van der Waals surface area contributed by atoms with E-state index in [1.165, 1.54) is 0 Å². The average Bonchev–Trinajstić information content (AvgIpc) is 3.33. The third-order valence-electron chi connectivity index (χ3n) is 4.96. The van der Waals surface area contributed by atoms with Crippen molar-refractivity contribution in [3.63, 3.8) is 0 Å². The summed E-state index contributed by atoms with van der Waals surface area (Å²) >= 11 is 0. The monoisotopic (exact) mass is 395 g/mol. The second kappa shape index (κ2) is 7.83. The predicted molar refractivity (Wildman–Crippen MR) is 103 cm³/mol. The minimum Gasteiger partial charge on any atom is -0.454 e. The molecule has 1 saturated heterocycles. The molecule has 0 saturated carbocycles. The highest BCUT2D eigenvalue weighted by Gasteiger charge is 2.28. The van der Waals surface area contributed by atoms with Crippen molar-refractivity contribution in [1.82, 2.24) is 15.1 Å². The number of hydrogen-bond donors (Lipinski definition) is 1. The lowest BCUT2D eigenvalue weighted by Crippen LogP contribution is -2.31. The molecule has 0 aliphatic carbocycles. The molecule has 0 radical (unpaired) electrons. The summed E-state index contributed by atoms with van der Waals surface area (Å²) in [7, 11) is 0. The smallest absolute Gasteiger partial charge is 0.324 e. The highest BCUT2D eigenvalue weighted by atomic mass is 16.7. The molecule has 0 unspecified atom stereocenters. The van der Waals surface area contributed by atoms with Gasteiger partial charge in [-0.15, -0.1) is 0 Å². The molecule has 0 aromatic heterocycles. The fraction of sp³-hybridized carbons (Fsp3) is 0.286. The Balaban J connectivity index is 1.43. The van der Waals surface area contributed by atoms with Crippen LogP contribution in [0.5, 0.6) is 11.5 Å². The van der Waals surface area contributed by atoms with Gasteiger partial charge in [-0.3, -0.25) is 14.5 Å². The number of imide groups is 1. The molecule has 4 amide bonds. The van der Waals surface area contributed by atoms with E-state index in [4.69, 9.17) is 9.47 Å². The molecule has 0 bridgehead atoms. The standard InChI is InChI=1S/C21H21N3O5/c1-2-23(11-15-5-8-17-18(9-15)29-13-28-17)20(26)16-6-3-14(4-7-16)12-24-19(25)10-22-21(24)27/h3-9H,2,10-13H2,1H3,(H,22,27). The molecule has 8 nitrogen and oxygen atoms in total. The normalized spacial score (nSPS) is 14.9. The number of carbonyl (C=O) groups is 3. The van der Waals surface area contributed by atoms with E-state index in [1.54, 1.807) is 29.2 Å². The van der Waals surface area contributed by atoms with Gasteiger partial charge in [0.2, 0.25) is 12.7 Å². The van der Waals surface area contributed by atoms with Crippen LogP contribution in [-0.2, 0) is 17.9 Å². The predicted octanol–water partition coefficient (Wildman–Crippen LogP) is 2.13. The number of carbonyl (C=O) groups excluding carboxylic acids is 3. The van der Waals surface area contributed by atoms with E-state index in [1.807, 2.05) is 25.1 Å². The van der Waals surface area contributed by atoms with Crippen molar-refractivity contribution in [3.8, 4) is 11.5 Å². The fourth-order valence-electron chi connectivity index (χ4n) is 3.32. The summed E-state index contributed by atoms with van der Waals surface area (Å²) in [5.41, 5.74) is 2.29. The summed E-state index contributed by atoms with van der Waals surface area (Å²) < 4.78 is 10.7. The largest absolute Gasteiger partial charge is 0.454 e. The van der Waals surface area contributed by atoms with E-state index >= 15 is 0 Å². The molecule has 4 rings (SSSR count). The number of fused-ring (bicyclic) bond motifs is 1. The van der Waals surface area contributed by atoms with Crippen LogP contribution in [0.15, 0.2) is 42.5 Å². The summed E-state index contributed by atoms with van der Waals surface area (Å²) in [4.78, 5) is 39.2. The molecule has 8 heteroatoms. The van der Waals surface area contributed by atoms with Crippen molar-refractivity contribution in [2.75, 3.05) is 19.9 Å². The summed E-state index contributed by atoms with van der Waals surface area (Å²) in [6.07, 6.45) is 0. The number of ether oxygens (including phenoxy) is 2. The number of benzene rings is 2. The Labute approximate surface area is 168 Å². The van der Waals surface area contributed by atoms with Crippen LogP contribution in [0.1, 0.15) is 28.4 Å². The van der Waals surface area contributed by atoms with Crippen molar-refractivity contribution in [2.45, 2.75) is 20.0 Å². The molecule has 29 heavy (non-hydrogen) atoms. The molecule has 2 aromatic rings. The van der Waals surface area contributed by atoms with Gasteiger partial charge in [-0.2, -0.15) is 0 Å². The van der Waals surface area contributed by atoms with Crippen LogP contribution in [0.3, 0.4) is 0 Å². The van der Waals surface area contributed by atoms with Crippen LogP contribution in [0, 0.1) is 0 Å². The van der Waals surface area contributed by atoms with Gasteiger partial charge in [-0.25, -0.2) is 4.79 Å². The number of urea groups is 1. The first-order valence-electron chi connectivity index (χ1n) is 9.40. The summed E-state index contributed by atoms with van der Waals surface area (Å²) in [6, 6.07) is 12.2. The van der Waals surface area contributed by atoms with Gasteiger partial charge in [0.15, 0.2) is 11.5 Å². The first kappa shape index (κ1) is 18.8. The SMILES string of the molecule is CCN(Cc1ccc2c(c1)OCO2)C(=O)c1ccc(CN2C(=O)CNC2=O)cc1. The maximum Gasteiger partial charge on any atom is 0.324 e. The van der Waals surface area contributed by atoms with Crippen molar-refractivity contribution < 1.29 is 23.9 Å². The van der Waals surface area contributed by atoms with Crippen LogP contribution in [0.25, 0.3) is 0 Å². The Bertz CT molecular complexity index is 941. The molecule has 150 valence electrons. The molecule has 2 aliphatic heterocycles. The van der Waals surface area contributed by atoms with Crippen molar-refractivity contribution >= 4 is 17.8 Å². The number of rotatable bonds is 6. The van der Waals surface area contributed by atoms with Gasteiger partial charge in [0, 0.05) is 18.7 Å². The lowest BCUT2D eigenvalue weighted by atomic mass is 10.1. The number of nitrogens with one attached hydrogen (secondary N) is 1. The van der Waals surface area contributed by atoms with Gasteiger partial charge in [0.25, 0.3) is 5.91 Å². The zero-order valence-corrected chi connectivity index (χ0v) is 16.0. The van der Waals surface area contributed by atoms with Crippen LogP contribution >= 0.6 is 0 Å². The van der Waals surface area contributed by atoms with Gasteiger partial charge in [-0.05, 0) is 42.3 Å². The Morgan fingerprint density at radius 2 is 1.79 bits per heavy atom. The first-order chi connectivity index (χ1) is 14.0. The molecule has 1 fully saturated rings. The summed E-state index contributed by atoms with van der Waals surface area (Å²) in [5.74, 6) is 1.06. The Kier molecular flexibility index (Phi) is 5.07. The number of amides is 4. The van der Waals surface area contributed by atoms with Gasteiger partial charge in [-0.1, -0.05) is 18.2 Å². The topological polar surface area (TPSA) is 88.2 Å². The van der Waals surface area contributed by atoms with E-state index in [9.17, 15) is 14.4 Å². The number of hydrogen-bond acceptors (Lipinski definition) is 5. The summed E-state index contributed by atoms with van der Waals surface area (Å²) in [5, 5.41) is 2.49. The lowest BCUT2D eigenvalue weighted by molar-refractivity contribution is -0.125. The molecule has 0 atom stereocenters. The van der Waals surface area contributed by atoms with Crippen molar-refractivity contribution in [1.29, 1.82) is 0 Å². The lowest BCUT2D eigenvalue weighted by Gasteiger charge is -2.21. The summed E-state index contributed by atoms with van der Waals surface area (Å²) in [6.45, 7) is 3.37. The minimum atomic E-state index is -0.393. The maximum atomic E-state index is 12.9. The molecule has 2 aromatic carbocycles. The zero-order valence-electron chi connectivity index (χ0n) is 16.0. The molecular formula is C21H21N3O5. The zero-order chi connectivity index (χ0) is 20.4. The van der Waals surface area contributed by atoms with E-state index < -0.39 is 6.03 Å². The Morgan fingerprint density at radius 3 is 2.48 bits per heavy atom. The average molecular weight is 395 g/mol. The van der Waals surface area contributed by atoms with E-state index in [0.29, 0.717) is 30.2 Å². The highest BCUT2D eigenvalue weighted by molar-refractivity contribution is 6.01. The molecule has 0 spiro atoms. The minimum absolute atomic E-state index is 0.0285. The van der Waals surface area contributed by atoms with Crippen LogP contribution in [0.2, 0.25) is 0 Å². The van der Waals surface area contributed by atoms with Gasteiger partial charge < -0.3 is 19.7 Å². The van der Waals surface area contributed by atoms with E-state index in [2.05, 4.69) is 5.32 Å². The quantitative estimate of drug-likeness (QED) is 0.757. The molecule has 1 N–H and O–H groups in total. The van der Waals surface area contributed by atoms with Crippen LogP contribution in [0.4, 0.5) is 4.79 Å². The second-order valence-corrected chi connectivity index (χ2v) is 6.84. The van der Waals surface area contributed by atoms with E-state index in [-0.39, 0.29) is 31.7 Å². The number of nitrogens with zero attached hydrogens (tertiary/aromatic N) is 2. The van der Waals surface area contributed by atoms with Crippen LogP contribution in [-0.4, -0.2) is 47.5 Å². The van der Waals surface area contributed by atoms with Gasteiger partial charge in [0.1, 0.15) is 0 Å². The maximum absolute atomic E-state index is 12.9. The Hall–Kier alpha value is -3.55. The molecular weight excluding hydrogens is 374 g/mol. The van der Waals surface area contributed by atoms with Gasteiger partial charge >= 0.3 is 6.03 Å². The van der Waals surface area contributed by atoms with Crippen molar-refractivity contribution in [3.05, 3.63) is 59.2 Å². The third-order valence-corrected chi connectivity index (χ3v) is 4.96. The Morgan fingerprint density at radius 1 is 1.07 bits per heavy atom. The van der Waals surface area contributed by atoms with E-state index in [0.717, 1.165) is 16.0 Å².